The lowest BCUT2D eigenvalue weighted by Crippen LogP contribution is -2.11. The third-order valence-corrected chi connectivity index (χ3v) is 3.86. The SMILES string of the molecule is Cc1ccc(C(C)Nc2cccnc2OC(C)C)s1. The van der Waals surface area contributed by atoms with Gasteiger partial charge in [-0.1, -0.05) is 0 Å². The Morgan fingerprint density at radius 3 is 2.63 bits per heavy atom. The molecule has 0 saturated heterocycles. The molecule has 0 spiro atoms. The quantitative estimate of drug-likeness (QED) is 0.878. The van der Waals surface area contributed by atoms with Gasteiger partial charge in [-0.15, -0.1) is 11.3 Å². The van der Waals surface area contributed by atoms with Crippen molar-refractivity contribution < 1.29 is 4.74 Å². The molecule has 0 amide bonds. The van der Waals surface area contributed by atoms with Crippen molar-refractivity contribution in [2.24, 2.45) is 0 Å². The molecule has 2 heterocycles. The number of pyridine rings is 1. The van der Waals surface area contributed by atoms with Crippen LogP contribution < -0.4 is 10.1 Å². The summed E-state index contributed by atoms with van der Waals surface area (Å²) in [6.07, 6.45) is 1.87. The minimum atomic E-state index is 0.120. The van der Waals surface area contributed by atoms with Gasteiger partial charge in [-0.2, -0.15) is 0 Å². The van der Waals surface area contributed by atoms with Gasteiger partial charge in [0.25, 0.3) is 0 Å². The first kappa shape index (κ1) is 13.9. The van der Waals surface area contributed by atoms with Crippen LogP contribution >= 0.6 is 11.3 Å². The first-order valence-electron chi connectivity index (χ1n) is 6.51. The second-order valence-electron chi connectivity index (χ2n) is 4.84. The molecular formula is C15H20N2OS. The normalized spacial score (nSPS) is 12.5. The van der Waals surface area contributed by atoms with Crippen molar-refractivity contribution in [2.45, 2.75) is 39.8 Å². The Bertz CT molecular complexity index is 536. The van der Waals surface area contributed by atoms with Gasteiger partial charge in [0.05, 0.1) is 17.8 Å². The van der Waals surface area contributed by atoms with E-state index in [2.05, 4.69) is 36.3 Å². The van der Waals surface area contributed by atoms with Crippen LogP contribution in [0, 0.1) is 6.92 Å². The molecule has 1 atom stereocenters. The molecule has 0 aromatic carbocycles. The summed E-state index contributed by atoms with van der Waals surface area (Å²) in [5, 5.41) is 3.47. The van der Waals surface area contributed by atoms with Gasteiger partial charge in [-0.25, -0.2) is 4.98 Å². The van der Waals surface area contributed by atoms with Gasteiger partial charge >= 0.3 is 0 Å². The molecule has 19 heavy (non-hydrogen) atoms. The Hall–Kier alpha value is -1.55. The van der Waals surface area contributed by atoms with Crippen LogP contribution in [0.2, 0.25) is 0 Å². The first-order valence-corrected chi connectivity index (χ1v) is 7.32. The molecular weight excluding hydrogens is 256 g/mol. The van der Waals surface area contributed by atoms with Crippen LogP contribution in [0.4, 0.5) is 5.69 Å². The van der Waals surface area contributed by atoms with Gasteiger partial charge in [0.2, 0.25) is 5.88 Å². The molecule has 2 aromatic heterocycles. The third kappa shape index (κ3) is 3.70. The summed E-state index contributed by atoms with van der Waals surface area (Å²) in [6.45, 7) is 8.28. The molecule has 0 aliphatic carbocycles. The number of aromatic nitrogens is 1. The Balaban J connectivity index is 2.14. The van der Waals surface area contributed by atoms with Gasteiger partial charge < -0.3 is 10.1 Å². The van der Waals surface area contributed by atoms with Crippen molar-refractivity contribution in [2.75, 3.05) is 5.32 Å². The van der Waals surface area contributed by atoms with Crippen LogP contribution in [0.25, 0.3) is 0 Å². The molecule has 4 heteroatoms. The summed E-state index contributed by atoms with van der Waals surface area (Å²) in [5.74, 6) is 0.664. The highest BCUT2D eigenvalue weighted by molar-refractivity contribution is 7.12. The van der Waals surface area contributed by atoms with E-state index in [1.165, 1.54) is 9.75 Å². The third-order valence-electron chi connectivity index (χ3n) is 2.68. The lowest BCUT2D eigenvalue weighted by atomic mass is 10.2. The van der Waals surface area contributed by atoms with Gasteiger partial charge in [0, 0.05) is 16.0 Å². The monoisotopic (exact) mass is 276 g/mol. The summed E-state index contributed by atoms with van der Waals surface area (Å²) in [4.78, 5) is 6.93. The van der Waals surface area contributed by atoms with E-state index >= 15 is 0 Å². The molecule has 3 nitrogen and oxygen atoms in total. The number of nitrogens with one attached hydrogen (secondary N) is 1. The minimum absolute atomic E-state index is 0.120. The topological polar surface area (TPSA) is 34.2 Å². The van der Waals surface area contributed by atoms with E-state index in [0.29, 0.717) is 5.88 Å². The maximum Gasteiger partial charge on any atom is 0.237 e. The fourth-order valence-electron chi connectivity index (χ4n) is 1.81. The summed E-state index contributed by atoms with van der Waals surface area (Å²) in [7, 11) is 0. The van der Waals surface area contributed by atoms with Gasteiger partial charge in [-0.05, 0) is 52.0 Å². The fraction of sp³-hybridized carbons (Fsp3) is 0.400. The molecule has 2 rings (SSSR count). The Kier molecular flexibility index (Phi) is 4.43. The molecule has 0 radical (unpaired) electrons. The van der Waals surface area contributed by atoms with Crippen molar-refractivity contribution in [1.82, 2.24) is 4.98 Å². The van der Waals surface area contributed by atoms with Crippen LogP contribution in [0.3, 0.4) is 0 Å². The van der Waals surface area contributed by atoms with Crippen molar-refractivity contribution in [1.29, 1.82) is 0 Å². The molecule has 1 N–H and O–H groups in total. The molecule has 0 aliphatic rings. The largest absolute Gasteiger partial charge is 0.473 e. The molecule has 0 fully saturated rings. The average molecular weight is 276 g/mol. The van der Waals surface area contributed by atoms with E-state index < -0.39 is 0 Å². The summed E-state index contributed by atoms with van der Waals surface area (Å²) >= 11 is 1.81. The molecule has 0 saturated carbocycles. The van der Waals surface area contributed by atoms with Crippen molar-refractivity contribution in [3.8, 4) is 5.88 Å². The van der Waals surface area contributed by atoms with Crippen LogP contribution in [0.5, 0.6) is 5.88 Å². The lowest BCUT2D eigenvalue weighted by molar-refractivity contribution is 0.234. The molecule has 1 unspecified atom stereocenters. The standard InChI is InChI=1S/C15H20N2OS/c1-10(2)18-15-13(6-5-9-16-15)17-12(4)14-8-7-11(3)19-14/h5-10,12,17H,1-4H3. The van der Waals surface area contributed by atoms with E-state index in [1.54, 1.807) is 6.20 Å². The number of nitrogens with zero attached hydrogens (tertiary/aromatic N) is 1. The maximum absolute atomic E-state index is 5.72. The smallest absolute Gasteiger partial charge is 0.237 e. The van der Waals surface area contributed by atoms with Crippen molar-refractivity contribution in [3.63, 3.8) is 0 Å². The van der Waals surface area contributed by atoms with Gasteiger partial charge in [0.15, 0.2) is 0 Å². The predicted octanol–water partition coefficient (Wildman–Crippen LogP) is 4.41. The van der Waals surface area contributed by atoms with Crippen molar-refractivity contribution in [3.05, 3.63) is 40.2 Å². The van der Waals surface area contributed by atoms with E-state index in [-0.39, 0.29) is 12.1 Å². The highest BCUT2D eigenvalue weighted by Gasteiger charge is 2.12. The number of anilines is 1. The Labute approximate surface area is 118 Å². The van der Waals surface area contributed by atoms with Gasteiger partial charge in [-0.3, -0.25) is 0 Å². The number of hydrogen-bond donors (Lipinski definition) is 1. The average Bonchev–Trinajstić information content (AvgIpc) is 2.78. The number of aryl methyl sites for hydroxylation is 1. The second kappa shape index (κ2) is 6.06. The highest BCUT2D eigenvalue weighted by Crippen LogP contribution is 2.29. The van der Waals surface area contributed by atoms with Crippen molar-refractivity contribution >= 4 is 17.0 Å². The summed E-state index contributed by atoms with van der Waals surface area (Å²) in [6, 6.07) is 8.48. The van der Waals surface area contributed by atoms with Crippen LogP contribution in [0.15, 0.2) is 30.5 Å². The zero-order valence-electron chi connectivity index (χ0n) is 11.8. The van der Waals surface area contributed by atoms with E-state index in [4.69, 9.17) is 4.74 Å². The van der Waals surface area contributed by atoms with Crippen LogP contribution in [-0.2, 0) is 0 Å². The Morgan fingerprint density at radius 2 is 2.00 bits per heavy atom. The lowest BCUT2D eigenvalue weighted by Gasteiger charge is -2.17. The molecule has 2 aromatic rings. The fourth-order valence-corrected chi connectivity index (χ4v) is 2.69. The van der Waals surface area contributed by atoms with Crippen LogP contribution in [-0.4, -0.2) is 11.1 Å². The first-order chi connectivity index (χ1) is 9.06. The number of ether oxygens (including phenoxy) is 1. The Morgan fingerprint density at radius 1 is 1.21 bits per heavy atom. The highest BCUT2D eigenvalue weighted by atomic mass is 32.1. The second-order valence-corrected chi connectivity index (χ2v) is 6.16. The molecule has 0 bridgehead atoms. The zero-order chi connectivity index (χ0) is 13.8. The van der Waals surface area contributed by atoms with E-state index in [0.717, 1.165) is 5.69 Å². The number of rotatable bonds is 5. The minimum Gasteiger partial charge on any atom is -0.473 e. The maximum atomic E-state index is 5.72. The zero-order valence-corrected chi connectivity index (χ0v) is 12.6. The number of hydrogen-bond acceptors (Lipinski definition) is 4. The number of thiophene rings is 1. The predicted molar refractivity (Wildman–Crippen MR) is 81.1 cm³/mol. The molecule has 102 valence electrons. The van der Waals surface area contributed by atoms with E-state index in [1.807, 2.05) is 37.3 Å². The van der Waals surface area contributed by atoms with Crippen LogP contribution in [0.1, 0.15) is 36.6 Å². The molecule has 0 aliphatic heterocycles. The van der Waals surface area contributed by atoms with Gasteiger partial charge in [0.1, 0.15) is 0 Å². The summed E-state index contributed by atoms with van der Waals surface area (Å²) < 4.78 is 5.72. The van der Waals surface area contributed by atoms with E-state index in [9.17, 15) is 0 Å². The summed E-state index contributed by atoms with van der Waals surface area (Å²) in [5.41, 5.74) is 0.940.